The molecule has 0 fully saturated rings. The van der Waals surface area contributed by atoms with E-state index < -0.39 is 30.3 Å². The van der Waals surface area contributed by atoms with E-state index in [2.05, 4.69) is 16.0 Å². The number of para-hydroxylation sites is 2. The molecule has 0 spiro atoms. The zero-order valence-corrected chi connectivity index (χ0v) is 17.6. The Morgan fingerprint density at radius 3 is 2.64 bits per heavy atom. The van der Waals surface area contributed by atoms with Gasteiger partial charge in [-0.05, 0) is 49.4 Å². The van der Waals surface area contributed by atoms with Gasteiger partial charge in [0, 0.05) is 5.69 Å². The van der Waals surface area contributed by atoms with Gasteiger partial charge >= 0.3 is 0 Å². The van der Waals surface area contributed by atoms with Crippen LogP contribution in [0.1, 0.15) is 17.3 Å². The lowest BCUT2D eigenvalue weighted by Gasteiger charge is -2.23. The molecule has 0 radical (unpaired) electrons. The summed E-state index contributed by atoms with van der Waals surface area (Å²) in [5, 5.41) is 7.87. The Labute approximate surface area is 188 Å². The molecule has 4 rings (SSSR count). The number of anilines is 3. The highest BCUT2D eigenvalue weighted by atomic mass is 19.1. The predicted octanol–water partition coefficient (Wildman–Crippen LogP) is 3.81. The molecule has 1 aliphatic heterocycles. The van der Waals surface area contributed by atoms with Crippen LogP contribution in [0.5, 0.6) is 11.5 Å². The van der Waals surface area contributed by atoms with Gasteiger partial charge in [-0.3, -0.25) is 14.4 Å². The molecule has 0 aromatic heterocycles. The second kappa shape index (κ2) is 9.39. The van der Waals surface area contributed by atoms with Crippen LogP contribution in [0, 0.1) is 5.82 Å². The third kappa shape index (κ3) is 5.09. The van der Waals surface area contributed by atoms with E-state index >= 15 is 0 Å². The number of rotatable bonds is 6. The summed E-state index contributed by atoms with van der Waals surface area (Å²) in [7, 11) is 0. The Balaban J connectivity index is 1.42. The minimum absolute atomic E-state index is 0.0370. The summed E-state index contributed by atoms with van der Waals surface area (Å²) in [5.74, 6) is -1.21. The maximum Gasteiger partial charge on any atom is 0.265 e. The van der Waals surface area contributed by atoms with Crippen LogP contribution in [0.25, 0.3) is 0 Å². The second-order valence-electron chi connectivity index (χ2n) is 7.23. The number of amides is 3. The van der Waals surface area contributed by atoms with E-state index in [4.69, 9.17) is 9.47 Å². The SMILES string of the molecule is CC1Oc2ccc(NC(=O)c3ccccc3OCC(=O)Nc3ccccc3F)cc2NC1=O. The minimum Gasteiger partial charge on any atom is -0.483 e. The molecular weight excluding hydrogens is 429 g/mol. The Hall–Kier alpha value is -4.40. The van der Waals surface area contributed by atoms with Crippen molar-refractivity contribution in [3.63, 3.8) is 0 Å². The van der Waals surface area contributed by atoms with Crippen molar-refractivity contribution in [2.45, 2.75) is 13.0 Å². The average molecular weight is 449 g/mol. The van der Waals surface area contributed by atoms with Gasteiger partial charge in [0.15, 0.2) is 12.7 Å². The number of carbonyl (C=O) groups is 3. The molecular formula is C24H20FN3O5. The molecule has 3 N–H and O–H groups in total. The highest BCUT2D eigenvalue weighted by Crippen LogP contribution is 2.32. The molecule has 1 unspecified atom stereocenters. The van der Waals surface area contributed by atoms with Crippen LogP contribution >= 0.6 is 0 Å². The lowest BCUT2D eigenvalue weighted by atomic mass is 10.1. The van der Waals surface area contributed by atoms with Crippen molar-refractivity contribution in [3.05, 3.63) is 78.1 Å². The molecule has 9 heteroatoms. The summed E-state index contributed by atoms with van der Waals surface area (Å²) in [6, 6.07) is 17.1. The van der Waals surface area contributed by atoms with Gasteiger partial charge in [0.1, 0.15) is 17.3 Å². The van der Waals surface area contributed by atoms with Gasteiger partial charge in [-0.1, -0.05) is 24.3 Å². The average Bonchev–Trinajstić information content (AvgIpc) is 2.80. The largest absolute Gasteiger partial charge is 0.483 e. The molecule has 1 atom stereocenters. The predicted molar refractivity (Wildman–Crippen MR) is 120 cm³/mol. The normalized spacial score (nSPS) is 14.4. The minimum atomic E-state index is -0.599. The molecule has 0 bridgehead atoms. The lowest BCUT2D eigenvalue weighted by Crippen LogP contribution is -2.34. The quantitative estimate of drug-likeness (QED) is 0.531. The topological polar surface area (TPSA) is 106 Å². The molecule has 3 aromatic carbocycles. The van der Waals surface area contributed by atoms with Crippen molar-refractivity contribution in [2.24, 2.45) is 0 Å². The highest BCUT2D eigenvalue weighted by molar-refractivity contribution is 6.07. The summed E-state index contributed by atoms with van der Waals surface area (Å²) >= 11 is 0. The molecule has 0 saturated heterocycles. The van der Waals surface area contributed by atoms with Crippen molar-refractivity contribution >= 4 is 34.8 Å². The molecule has 1 aliphatic rings. The van der Waals surface area contributed by atoms with Gasteiger partial charge in [0.25, 0.3) is 17.7 Å². The molecule has 0 aliphatic carbocycles. The summed E-state index contributed by atoms with van der Waals surface area (Å²) in [6.45, 7) is 1.22. The highest BCUT2D eigenvalue weighted by Gasteiger charge is 2.24. The zero-order valence-electron chi connectivity index (χ0n) is 17.6. The van der Waals surface area contributed by atoms with E-state index in [1.165, 1.54) is 18.2 Å². The molecule has 0 saturated carbocycles. The van der Waals surface area contributed by atoms with E-state index in [1.54, 1.807) is 55.5 Å². The second-order valence-corrected chi connectivity index (χ2v) is 7.23. The van der Waals surface area contributed by atoms with E-state index in [-0.39, 0.29) is 22.9 Å². The van der Waals surface area contributed by atoms with Crippen LogP contribution in [0.2, 0.25) is 0 Å². The number of nitrogens with one attached hydrogen (secondary N) is 3. The van der Waals surface area contributed by atoms with Crippen LogP contribution in [0.3, 0.4) is 0 Å². The van der Waals surface area contributed by atoms with Crippen molar-refractivity contribution in [3.8, 4) is 11.5 Å². The zero-order chi connectivity index (χ0) is 23.4. The van der Waals surface area contributed by atoms with Crippen LogP contribution in [0.15, 0.2) is 66.7 Å². The Bertz CT molecular complexity index is 1230. The van der Waals surface area contributed by atoms with Crippen LogP contribution in [-0.4, -0.2) is 30.4 Å². The van der Waals surface area contributed by atoms with Crippen LogP contribution in [-0.2, 0) is 9.59 Å². The van der Waals surface area contributed by atoms with Crippen LogP contribution < -0.4 is 25.4 Å². The first-order chi connectivity index (χ1) is 15.9. The molecule has 33 heavy (non-hydrogen) atoms. The van der Waals surface area contributed by atoms with Crippen LogP contribution in [0.4, 0.5) is 21.5 Å². The number of fused-ring (bicyclic) bond motifs is 1. The van der Waals surface area contributed by atoms with Gasteiger partial charge in [-0.15, -0.1) is 0 Å². The van der Waals surface area contributed by atoms with Gasteiger partial charge in [0.05, 0.1) is 16.9 Å². The van der Waals surface area contributed by atoms with Gasteiger partial charge in [-0.2, -0.15) is 0 Å². The fraction of sp³-hybridized carbons (Fsp3) is 0.125. The third-order valence-electron chi connectivity index (χ3n) is 4.81. The molecule has 168 valence electrons. The summed E-state index contributed by atoms with van der Waals surface area (Å²) in [4.78, 5) is 36.8. The van der Waals surface area contributed by atoms with E-state index in [0.717, 1.165) is 0 Å². The molecule has 8 nitrogen and oxygen atoms in total. The van der Waals surface area contributed by atoms with Crippen molar-refractivity contribution in [2.75, 3.05) is 22.6 Å². The lowest BCUT2D eigenvalue weighted by molar-refractivity contribution is -0.122. The monoisotopic (exact) mass is 449 g/mol. The maximum atomic E-state index is 13.7. The number of hydrogen-bond donors (Lipinski definition) is 3. The van der Waals surface area contributed by atoms with E-state index in [1.807, 2.05) is 0 Å². The fourth-order valence-corrected chi connectivity index (χ4v) is 3.16. The Morgan fingerprint density at radius 1 is 1.06 bits per heavy atom. The summed E-state index contributed by atoms with van der Waals surface area (Å²) in [6.07, 6.45) is -0.599. The first kappa shape index (κ1) is 21.8. The van der Waals surface area contributed by atoms with E-state index in [9.17, 15) is 18.8 Å². The molecule has 3 amide bonds. The van der Waals surface area contributed by atoms with Gasteiger partial charge < -0.3 is 25.4 Å². The van der Waals surface area contributed by atoms with Gasteiger partial charge in [0.2, 0.25) is 0 Å². The first-order valence-electron chi connectivity index (χ1n) is 10.1. The van der Waals surface area contributed by atoms with Crippen molar-refractivity contribution < 1.29 is 28.2 Å². The van der Waals surface area contributed by atoms with Crippen molar-refractivity contribution in [1.82, 2.24) is 0 Å². The fourth-order valence-electron chi connectivity index (χ4n) is 3.16. The number of benzene rings is 3. The summed E-state index contributed by atoms with van der Waals surface area (Å²) in [5.41, 5.74) is 1.12. The maximum absolute atomic E-state index is 13.7. The van der Waals surface area contributed by atoms with Crippen molar-refractivity contribution in [1.29, 1.82) is 0 Å². The number of hydrogen-bond acceptors (Lipinski definition) is 5. The van der Waals surface area contributed by atoms with E-state index in [0.29, 0.717) is 17.1 Å². The van der Waals surface area contributed by atoms with Gasteiger partial charge in [-0.25, -0.2) is 4.39 Å². The number of halogens is 1. The Kier molecular flexibility index (Phi) is 6.21. The number of carbonyl (C=O) groups excluding carboxylic acids is 3. The summed E-state index contributed by atoms with van der Waals surface area (Å²) < 4.78 is 24.7. The first-order valence-corrected chi connectivity index (χ1v) is 10.1. The number of ether oxygens (including phenoxy) is 2. The smallest absolute Gasteiger partial charge is 0.265 e. The third-order valence-corrected chi connectivity index (χ3v) is 4.81. The molecule has 3 aromatic rings. The molecule has 1 heterocycles. The standard InChI is InChI=1S/C24H20FN3O5/c1-14-23(30)28-19-12-15(10-11-21(19)33-14)26-24(31)16-6-2-5-9-20(16)32-13-22(29)27-18-8-4-3-7-17(18)25/h2-12,14H,13H2,1H3,(H,26,31)(H,27,29)(H,28,30). The Morgan fingerprint density at radius 2 is 1.82 bits per heavy atom.